The van der Waals surface area contributed by atoms with Gasteiger partial charge >= 0.3 is 0 Å². The van der Waals surface area contributed by atoms with Crippen molar-refractivity contribution in [2.24, 2.45) is 0 Å². The van der Waals surface area contributed by atoms with Crippen molar-refractivity contribution in [2.45, 2.75) is 19.4 Å². The van der Waals surface area contributed by atoms with Crippen LogP contribution >= 0.6 is 0 Å². The first-order chi connectivity index (χ1) is 9.85. The fourth-order valence-corrected chi connectivity index (χ4v) is 2.33. The molecule has 0 aliphatic rings. The molecule has 1 amide bonds. The Balaban J connectivity index is 2.87. The van der Waals surface area contributed by atoms with Crippen molar-refractivity contribution >= 4 is 28.2 Å². The number of hydrogen-bond donors (Lipinski definition) is 2. The molecule has 1 heterocycles. The lowest BCUT2D eigenvalue weighted by atomic mass is 10.2. The van der Waals surface area contributed by atoms with E-state index in [9.17, 15) is 19.1 Å². The van der Waals surface area contributed by atoms with Gasteiger partial charge in [-0.2, -0.15) is 0 Å². The number of aromatic nitrogens is 1. The second-order valence-electron chi connectivity index (χ2n) is 4.54. The van der Waals surface area contributed by atoms with Crippen LogP contribution in [0.15, 0.2) is 12.3 Å². The second kappa shape index (κ2) is 7.67. The Hall–Kier alpha value is -2.03. The number of pyridine rings is 1. The largest absolute Gasteiger partial charge is 0.372 e. The third-order valence-corrected chi connectivity index (χ3v) is 3.59. The van der Waals surface area contributed by atoms with Crippen LogP contribution in [-0.4, -0.2) is 45.1 Å². The van der Waals surface area contributed by atoms with Crippen LogP contribution in [0.3, 0.4) is 0 Å². The molecule has 0 aromatic carbocycles. The van der Waals surface area contributed by atoms with E-state index in [1.165, 1.54) is 6.07 Å². The van der Waals surface area contributed by atoms with Gasteiger partial charge in [0.1, 0.15) is 12.0 Å². The number of carbonyl (C=O) groups is 1. The lowest BCUT2D eigenvalue weighted by Gasteiger charge is -2.14. The van der Waals surface area contributed by atoms with Crippen LogP contribution in [0.2, 0.25) is 0 Å². The first kappa shape index (κ1) is 17.0. The molecular weight excluding hydrogens is 296 g/mol. The molecular formula is C12H18N4O4S. The van der Waals surface area contributed by atoms with Crippen LogP contribution in [-0.2, 0) is 10.8 Å². The monoisotopic (exact) mass is 314 g/mol. The standard InChI is InChI=1S/C12H18N4O4S/c1-8(4-5-21(3)20)15-12(17)10-6-9(16(18)19)7-14-11(10)13-2/h6-8H,4-5H2,1-3H3,(H,13,14)(H,15,17). The predicted molar refractivity (Wildman–Crippen MR) is 80.9 cm³/mol. The SMILES string of the molecule is CNc1ncc([N+](=O)[O-])cc1C(=O)NC(C)CCS(C)=O. The number of anilines is 1. The predicted octanol–water partition coefficient (Wildman–Crippen LogP) is 0.918. The summed E-state index contributed by atoms with van der Waals surface area (Å²) in [4.78, 5) is 26.2. The first-order valence-corrected chi connectivity index (χ1v) is 8.01. The Morgan fingerprint density at radius 3 is 2.76 bits per heavy atom. The van der Waals surface area contributed by atoms with E-state index in [1.54, 1.807) is 20.2 Å². The lowest BCUT2D eigenvalue weighted by molar-refractivity contribution is -0.385. The summed E-state index contributed by atoms with van der Waals surface area (Å²) >= 11 is 0. The zero-order valence-electron chi connectivity index (χ0n) is 12.1. The van der Waals surface area contributed by atoms with E-state index in [4.69, 9.17) is 0 Å². The number of nitro groups is 1. The zero-order chi connectivity index (χ0) is 16.0. The molecule has 21 heavy (non-hydrogen) atoms. The third kappa shape index (κ3) is 5.10. The molecule has 1 aromatic heterocycles. The Morgan fingerprint density at radius 1 is 1.57 bits per heavy atom. The van der Waals surface area contributed by atoms with E-state index in [0.717, 1.165) is 6.20 Å². The number of nitrogens with one attached hydrogen (secondary N) is 2. The van der Waals surface area contributed by atoms with E-state index < -0.39 is 21.6 Å². The quantitative estimate of drug-likeness (QED) is 0.571. The second-order valence-corrected chi connectivity index (χ2v) is 6.09. The van der Waals surface area contributed by atoms with Gasteiger partial charge in [0.15, 0.2) is 0 Å². The van der Waals surface area contributed by atoms with Crippen molar-refractivity contribution < 1.29 is 13.9 Å². The molecule has 2 atom stereocenters. The molecule has 1 rings (SSSR count). The fraction of sp³-hybridized carbons (Fsp3) is 0.500. The van der Waals surface area contributed by atoms with Crippen LogP contribution < -0.4 is 10.6 Å². The number of amides is 1. The molecule has 0 bridgehead atoms. The highest BCUT2D eigenvalue weighted by Crippen LogP contribution is 2.18. The molecule has 0 spiro atoms. The van der Waals surface area contributed by atoms with Crippen LogP contribution in [0.1, 0.15) is 23.7 Å². The summed E-state index contributed by atoms with van der Waals surface area (Å²) in [5.41, 5.74) is -0.141. The van der Waals surface area contributed by atoms with Gasteiger partial charge in [-0.3, -0.25) is 19.1 Å². The normalized spacial score (nSPS) is 13.3. The summed E-state index contributed by atoms with van der Waals surface area (Å²) in [7, 11) is 0.651. The Labute approximate surface area is 124 Å². The molecule has 116 valence electrons. The van der Waals surface area contributed by atoms with Gasteiger partial charge in [-0.1, -0.05) is 0 Å². The summed E-state index contributed by atoms with van der Waals surface area (Å²) in [5, 5.41) is 16.2. The van der Waals surface area contributed by atoms with Crippen LogP contribution in [0.5, 0.6) is 0 Å². The molecule has 2 unspecified atom stereocenters. The minimum Gasteiger partial charge on any atom is -0.372 e. The third-order valence-electron chi connectivity index (χ3n) is 2.78. The Bertz CT molecular complexity index is 564. The molecule has 0 aliphatic heterocycles. The molecule has 0 fully saturated rings. The molecule has 0 saturated heterocycles. The molecule has 0 radical (unpaired) electrons. The average molecular weight is 314 g/mol. The van der Waals surface area contributed by atoms with Gasteiger partial charge in [0.05, 0.1) is 10.5 Å². The van der Waals surface area contributed by atoms with Crippen molar-refractivity contribution in [2.75, 3.05) is 24.4 Å². The number of carbonyl (C=O) groups excluding carboxylic acids is 1. The van der Waals surface area contributed by atoms with Crippen LogP contribution in [0.4, 0.5) is 11.5 Å². The van der Waals surface area contributed by atoms with Gasteiger partial charge in [-0.05, 0) is 13.3 Å². The highest BCUT2D eigenvalue weighted by molar-refractivity contribution is 7.84. The number of rotatable bonds is 7. The van der Waals surface area contributed by atoms with Crippen molar-refractivity contribution in [3.8, 4) is 0 Å². The smallest absolute Gasteiger partial charge is 0.288 e. The van der Waals surface area contributed by atoms with Gasteiger partial charge < -0.3 is 10.6 Å². The molecule has 8 nitrogen and oxygen atoms in total. The Morgan fingerprint density at radius 2 is 2.24 bits per heavy atom. The summed E-state index contributed by atoms with van der Waals surface area (Å²) in [6.07, 6.45) is 3.25. The summed E-state index contributed by atoms with van der Waals surface area (Å²) < 4.78 is 11.0. The highest BCUT2D eigenvalue weighted by atomic mass is 32.2. The maximum atomic E-state index is 12.2. The van der Waals surface area contributed by atoms with Gasteiger partial charge in [0, 0.05) is 42.0 Å². The van der Waals surface area contributed by atoms with Gasteiger partial charge in [-0.25, -0.2) is 4.98 Å². The van der Waals surface area contributed by atoms with E-state index >= 15 is 0 Å². The van der Waals surface area contributed by atoms with Gasteiger partial charge in [-0.15, -0.1) is 0 Å². The van der Waals surface area contributed by atoms with E-state index in [0.29, 0.717) is 12.2 Å². The van der Waals surface area contributed by atoms with Crippen molar-refractivity contribution in [3.05, 3.63) is 27.9 Å². The molecule has 1 aromatic rings. The molecule has 2 N–H and O–H groups in total. The molecule has 0 aliphatic carbocycles. The van der Waals surface area contributed by atoms with Crippen LogP contribution in [0, 0.1) is 10.1 Å². The maximum absolute atomic E-state index is 12.2. The van der Waals surface area contributed by atoms with E-state index in [-0.39, 0.29) is 23.1 Å². The average Bonchev–Trinajstić information content (AvgIpc) is 2.44. The summed E-state index contributed by atoms with van der Waals surface area (Å²) in [6, 6.07) is 0.990. The minimum atomic E-state index is -0.927. The number of nitrogens with zero attached hydrogens (tertiary/aromatic N) is 2. The zero-order valence-corrected chi connectivity index (χ0v) is 12.9. The Kier molecular flexibility index (Phi) is 6.22. The van der Waals surface area contributed by atoms with E-state index in [2.05, 4.69) is 15.6 Å². The van der Waals surface area contributed by atoms with Crippen molar-refractivity contribution in [3.63, 3.8) is 0 Å². The van der Waals surface area contributed by atoms with E-state index in [1.807, 2.05) is 0 Å². The lowest BCUT2D eigenvalue weighted by Crippen LogP contribution is -2.34. The topological polar surface area (TPSA) is 114 Å². The van der Waals surface area contributed by atoms with Crippen LogP contribution in [0.25, 0.3) is 0 Å². The molecule has 9 heteroatoms. The van der Waals surface area contributed by atoms with Gasteiger partial charge in [0.25, 0.3) is 11.6 Å². The van der Waals surface area contributed by atoms with Gasteiger partial charge in [0.2, 0.25) is 0 Å². The molecule has 0 saturated carbocycles. The van der Waals surface area contributed by atoms with Crippen molar-refractivity contribution in [1.29, 1.82) is 0 Å². The van der Waals surface area contributed by atoms with Crippen molar-refractivity contribution in [1.82, 2.24) is 10.3 Å². The fourth-order valence-electron chi connectivity index (χ4n) is 1.64. The first-order valence-electron chi connectivity index (χ1n) is 6.28. The summed E-state index contributed by atoms with van der Waals surface area (Å²) in [5.74, 6) is 0.294. The highest BCUT2D eigenvalue weighted by Gasteiger charge is 2.19. The summed E-state index contributed by atoms with van der Waals surface area (Å²) in [6.45, 7) is 1.79. The maximum Gasteiger partial charge on any atom is 0.288 e. The minimum absolute atomic E-state index is 0.108. The number of hydrogen-bond acceptors (Lipinski definition) is 6.